The molecule has 0 aromatic heterocycles. The van der Waals surface area contributed by atoms with Crippen LogP contribution in [-0.2, 0) is 56.5 Å². The van der Waals surface area contributed by atoms with Crippen LogP contribution in [0.15, 0.2) is 158 Å². The molecule has 0 amide bonds. The summed E-state index contributed by atoms with van der Waals surface area (Å²) >= 11 is 6.85. The SMILES string of the molecule is CCOc1ccc(Cc2cc([C@@H]3O[C@H](COCc4ccccc4)[C@@H](OCc4ccccc4)C(OCc4ccccc4)[C@H]3OCc3ccccc3)c(O)cc2Cl)cc1. The van der Waals surface area contributed by atoms with E-state index < -0.39 is 30.5 Å². The van der Waals surface area contributed by atoms with Gasteiger partial charge in [-0.25, -0.2) is 0 Å². The summed E-state index contributed by atoms with van der Waals surface area (Å²) in [6, 6.07) is 51.6. The van der Waals surface area contributed by atoms with Gasteiger partial charge in [0.25, 0.3) is 0 Å². The molecule has 1 fully saturated rings. The number of hydrogen-bond acceptors (Lipinski definition) is 7. The predicted molar refractivity (Wildman–Crippen MR) is 222 cm³/mol. The number of halogens is 1. The third-order valence-corrected chi connectivity index (χ3v) is 10.4. The first-order valence-electron chi connectivity index (χ1n) is 19.5. The van der Waals surface area contributed by atoms with Crippen LogP contribution in [0.2, 0.25) is 5.02 Å². The summed E-state index contributed by atoms with van der Waals surface area (Å²) in [5.74, 6) is 0.807. The molecule has 1 unspecified atom stereocenters. The second-order valence-corrected chi connectivity index (χ2v) is 14.5. The minimum absolute atomic E-state index is 0.00294. The van der Waals surface area contributed by atoms with E-state index in [1.54, 1.807) is 6.07 Å². The molecule has 0 aliphatic carbocycles. The summed E-state index contributed by atoms with van der Waals surface area (Å²) in [6.45, 7) is 4.06. The second-order valence-electron chi connectivity index (χ2n) is 14.1. The average Bonchev–Trinajstić information content (AvgIpc) is 3.25. The smallest absolute Gasteiger partial charge is 0.122 e. The van der Waals surface area contributed by atoms with Crippen LogP contribution in [0.3, 0.4) is 0 Å². The Morgan fingerprint density at radius 3 is 1.58 bits per heavy atom. The molecular formula is C49H49ClO7. The van der Waals surface area contributed by atoms with Crippen LogP contribution in [-0.4, -0.2) is 42.7 Å². The lowest BCUT2D eigenvalue weighted by molar-refractivity contribution is -0.275. The summed E-state index contributed by atoms with van der Waals surface area (Å²) in [6.07, 6.45) is -2.84. The van der Waals surface area contributed by atoms with E-state index in [1.807, 2.05) is 159 Å². The first kappa shape index (κ1) is 40.2. The maximum atomic E-state index is 11.7. The first-order valence-corrected chi connectivity index (χ1v) is 19.9. The Morgan fingerprint density at radius 1 is 0.561 bits per heavy atom. The third-order valence-electron chi connectivity index (χ3n) is 10.0. The Balaban J connectivity index is 1.27. The maximum Gasteiger partial charge on any atom is 0.122 e. The van der Waals surface area contributed by atoms with E-state index in [1.165, 1.54) is 0 Å². The molecule has 6 aromatic rings. The van der Waals surface area contributed by atoms with Gasteiger partial charge in [-0.3, -0.25) is 0 Å². The molecule has 1 saturated heterocycles. The lowest BCUT2D eigenvalue weighted by Crippen LogP contribution is -2.58. The van der Waals surface area contributed by atoms with Crippen molar-refractivity contribution < 1.29 is 33.5 Å². The normalized spacial score (nSPS) is 19.3. The molecular weight excluding hydrogens is 736 g/mol. The molecule has 6 aromatic carbocycles. The zero-order valence-electron chi connectivity index (χ0n) is 32.1. The Morgan fingerprint density at radius 2 is 1.05 bits per heavy atom. The standard InChI is InChI=1S/C49H49ClO7/c1-2-53-41-25-23-35(24-26-41)27-40-28-42(44(51)29-43(40)50)46-48(55-32-38-19-11-5-12-20-38)49(56-33-39-21-13-6-14-22-39)47(54-31-37-17-9-4-10-18-37)45(57-46)34-52-30-36-15-7-3-8-16-36/h3-26,28-29,45-49,51H,2,27,30-34H2,1H3/t45-,46+,47-,48+,49?/m1/s1. The molecule has 294 valence electrons. The largest absolute Gasteiger partial charge is 0.508 e. The summed E-state index contributed by atoms with van der Waals surface area (Å²) < 4.78 is 39.8. The summed E-state index contributed by atoms with van der Waals surface area (Å²) in [5, 5.41) is 12.2. The van der Waals surface area contributed by atoms with Gasteiger partial charge in [0.2, 0.25) is 0 Å². The Bertz CT molecular complexity index is 2080. The van der Waals surface area contributed by atoms with Crippen molar-refractivity contribution in [2.75, 3.05) is 13.2 Å². The Hall–Kier alpha value is -4.99. The van der Waals surface area contributed by atoms with Gasteiger partial charge in [0.1, 0.15) is 42.0 Å². The van der Waals surface area contributed by atoms with Crippen LogP contribution in [0, 0.1) is 0 Å². The Labute approximate surface area is 340 Å². The fraction of sp³-hybridized carbons (Fsp3) is 0.265. The number of benzene rings is 6. The lowest BCUT2D eigenvalue weighted by Gasteiger charge is -2.46. The van der Waals surface area contributed by atoms with Crippen LogP contribution in [0.25, 0.3) is 0 Å². The number of rotatable bonds is 18. The molecule has 1 N–H and O–H groups in total. The highest BCUT2D eigenvalue weighted by Gasteiger charge is 2.49. The van der Waals surface area contributed by atoms with E-state index in [2.05, 4.69) is 0 Å². The number of aromatic hydroxyl groups is 1. The molecule has 0 radical (unpaired) electrons. The number of phenolic OH excluding ortho intramolecular Hbond substituents is 1. The highest BCUT2D eigenvalue weighted by atomic mass is 35.5. The molecule has 1 aliphatic rings. The van der Waals surface area contributed by atoms with Crippen LogP contribution in [0.4, 0.5) is 0 Å². The van der Waals surface area contributed by atoms with Crippen molar-refractivity contribution in [3.05, 3.63) is 202 Å². The van der Waals surface area contributed by atoms with Crippen molar-refractivity contribution in [3.8, 4) is 11.5 Å². The summed E-state index contributed by atoms with van der Waals surface area (Å²) in [7, 11) is 0. The van der Waals surface area contributed by atoms with Gasteiger partial charge in [0, 0.05) is 10.6 Å². The minimum atomic E-state index is -0.785. The van der Waals surface area contributed by atoms with Gasteiger partial charge in [-0.1, -0.05) is 145 Å². The lowest BCUT2D eigenvalue weighted by atomic mass is 9.88. The molecule has 0 saturated carbocycles. The number of phenols is 1. The zero-order valence-corrected chi connectivity index (χ0v) is 32.9. The van der Waals surface area contributed by atoms with Crippen molar-refractivity contribution in [2.45, 2.75) is 70.3 Å². The monoisotopic (exact) mass is 784 g/mol. The van der Waals surface area contributed by atoms with E-state index >= 15 is 0 Å². The molecule has 7 nitrogen and oxygen atoms in total. The fourth-order valence-electron chi connectivity index (χ4n) is 7.12. The van der Waals surface area contributed by atoms with Gasteiger partial charge < -0.3 is 33.5 Å². The van der Waals surface area contributed by atoms with Crippen molar-refractivity contribution >= 4 is 11.6 Å². The molecule has 0 spiro atoms. The average molecular weight is 785 g/mol. The number of hydrogen-bond donors (Lipinski definition) is 1. The molecule has 7 rings (SSSR count). The molecule has 8 heteroatoms. The van der Waals surface area contributed by atoms with E-state index in [4.69, 9.17) is 40.0 Å². The van der Waals surface area contributed by atoms with Gasteiger partial charge in [-0.05, 0) is 71.0 Å². The Kier molecular flexibility index (Phi) is 14.4. The van der Waals surface area contributed by atoms with Crippen molar-refractivity contribution in [3.63, 3.8) is 0 Å². The highest BCUT2D eigenvalue weighted by Crippen LogP contribution is 2.43. The van der Waals surface area contributed by atoms with Crippen LogP contribution < -0.4 is 4.74 Å². The van der Waals surface area contributed by atoms with Crippen molar-refractivity contribution in [2.24, 2.45) is 0 Å². The molecule has 5 atom stereocenters. The molecule has 0 bridgehead atoms. The van der Waals surface area contributed by atoms with E-state index in [9.17, 15) is 5.11 Å². The predicted octanol–water partition coefficient (Wildman–Crippen LogP) is 10.4. The van der Waals surface area contributed by atoms with Gasteiger partial charge in [0.05, 0.1) is 39.6 Å². The van der Waals surface area contributed by atoms with Gasteiger partial charge in [-0.15, -0.1) is 0 Å². The first-order chi connectivity index (χ1) is 28.0. The van der Waals surface area contributed by atoms with E-state index in [-0.39, 0.29) is 19.0 Å². The minimum Gasteiger partial charge on any atom is -0.508 e. The third kappa shape index (κ3) is 11.1. The molecule has 57 heavy (non-hydrogen) atoms. The topological polar surface area (TPSA) is 75.6 Å². The summed E-state index contributed by atoms with van der Waals surface area (Å²) in [4.78, 5) is 0. The molecule has 1 heterocycles. The molecule has 1 aliphatic heterocycles. The number of ether oxygens (including phenoxy) is 6. The van der Waals surface area contributed by atoms with Gasteiger partial charge in [0.15, 0.2) is 0 Å². The van der Waals surface area contributed by atoms with Crippen LogP contribution in [0.5, 0.6) is 11.5 Å². The van der Waals surface area contributed by atoms with Gasteiger partial charge in [-0.2, -0.15) is 0 Å². The van der Waals surface area contributed by atoms with Crippen LogP contribution >= 0.6 is 11.6 Å². The van der Waals surface area contributed by atoms with Crippen molar-refractivity contribution in [1.82, 2.24) is 0 Å². The van der Waals surface area contributed by atoms with E-state index in [0.717, 1.165) is 39.1 Å². The van der Waals surface area contributed by atoms with E-state index in [0.29, 0.717) is 43.4 Å². The maximum absolute atomic E-state index is 11.7. The van der Waals surface area contributed by atoms with Crippen LogP contribution in [0.1, 0.15) is 52.0 Å². The van der Waals surface area contributed by atoms with Gasteiger partial charge >= 0.3 is 0 Å². The fourth-order valence-corrected chi connectivity index (χ4v) is 7.34. The second kappa shape index (κ2) is 20.4. The zero-order chi connectivity index (χ0) is 39.2. The van der Waals surface area contributed by atoms with Crippen molar-refractivity contribution in [1.29, 1.82) is 0 Å². The quantitative estimate of drug-likeness (QED) is 0.0930. The highest BCUT2D eigenvalue weighted by molar-refractivity contribution is 6.31. The summed E-state index contributed by atoms with van der Waals surface area (Å²) in [5.41, 5.74) is 6.48.